The van der Waals surface area contributed by atoms with Gasteiger partial charge in [-0.05, 0) is 109 Å². The monoisotopic (exact) mass is 1100 g/mol. The molecule has 9 nitrogen and oxygen atoms in total. The van der Waals surface area contributed by atoms with Crippen LogP contribution in [0.25, 0.3) is 0 Å². The maximum absolute atomic E-state index is 12.9. The summed E-state index contributed by atoms with van der Waals surface area (Å²) in [5.41, 5.74) is 0. The van der Waals surface area contributed by atoms with Gasteiger partial charge >= 0.3 is 17.9 Å². The van der Waals surface area contributed by atoms with Crippen molar-refractivity contribution in [2.24, 2.45) is 0 Å². The number of allylic oxidation sites excluding steroid dienone is 20. The van der Waals surface area contributed by atoms with Crippen molar-refractivity contribution in [1.82, 2.24) is 0 Å². The first kappa shape index (κ1) is 74.7. The molecule has 0 radical (unpaired) electrons. The number of likely N-dealkylation sites (N-methyl/N-ethyl adjacent to an activating group) is 1. The molecule has 0 amide bonds. The molecule has 0 spiro atoms. The van der Waals surface area contributed by atoms with Crippen molar-refractivity contribution in [3.05, 3.63) is 122 Å². The molecular formula is C70H118NO8+. The maximum atomic E-state index is 12.9. The van der Waals surface area contributed by atoms with E-state index >= 15 is 0 Å². The average Bonchev–Trinajstić information content (AvgIpc) is 3.42. The Hall–Kier alpha value is -4.31. The van der Waals surface area contributed by atoms with Crippen LogP contribution in [0.5, 0.6) is 0 Å². The fraction of sp³-hybridized carbons (Fsp3) is 0.671. The third-order valence-electron chi connectivity index (χ3n) is 13.2. The molecule has 0 saturated carbocycles. The molecule has 0 aliphatic carbocycles. The molecule has 0 saturated heterocycles. The van der Waals surface area contributed by atoms with Gasteiger partial charge in [-0.15, -0.1) is 0 Å². The number of nitrogens with zero attached hydrogens (tertiary/aromatic N) is 1. The molecule has 450 valence electrons. The number of carboxylic acids is 1. The number of esters is 2. The number of hydrogen-bond donors (Lipinski definition) is 1. The van der Waals surface area contributed by atoms with Gasteiger partial charge in [-0.3, -0.25) is 9.59 Å². The van der Waals surface area contributed by atoms with Crippen molar-refractivity contribution in [2.45, 2.75) is 257 Å². The van der Waals surface area contributed by atoms with E-state index in [4.69, 9.17) is 18.9 Å². The lowest BCUT2D eigenvalue weighted by molar-refractivity contribution is -0.870. The van der Waals surface area contributed by atoms with E-state index in [1.54, 1.807) is 0 Å². The van der Waals surface area contributed by atoms with Crippen molar-refractivity contribution in [2.75, 3.05) is 47.5 Å². The first-order valence-corrected chi connectivity index (χ1v) is 31.7. The number of quaternary nitrogens is 1. The number of carboxylic acid groups (broad SMARTS) is 1. The number of ether oxygens (including phenoxy) is 4. The highest BCUT2D eigenvalue weighted by Crippen LogP contribution is 2.15. The van der Waals surface area contributed by atoms with Crippen LogP contribution in [0.4, 0.5) is 0 Å². The highest BCUT2D eigenvalue weighted by atomic mass is 16.7. The van der Waals surface area contributed by atoms with Gasteiger partial charge in [0.25, 0.3) is 6.29 Å². The molecule has 0 aliphatic heterocycles. The average molecular weight is 1100 g/mol. The number of carbonyl (C=O) groups excluding carboxylic acids is 2. The summed E-state index contributed by atoms with van der Waals surface area (Å²) in [6, 6.07) is 0. The Labute approximate surface area is 485 Å². The Kier molecular flexibility index (Phi) is 56.5. The fourth-order valence-corrected chi connectivity index (χ4v) is 8.35. The van der Waals surface area contributed by atoms with E-state index in [9.17, 15) is 19.5 Å². The predicted octanol–water partition coefficient (Wildman–Crippen LogP) is 19.2. The Balaban J connectivity index is 4.27. The molecule has 2 unspecified atom stereocenters. The van der Waals surface area contributed by atoms with Crippen molar-refractivity contribution in [3.63, 3.8) is 0 Å². The smallest absolute Gasteiger partial charge is 0.361 e. The fourth-order valence-electron chi connectivity index (χ4n) is 8.35. The number of carbonyl (C=O) groups is 3. The Bertz CT molecular complexity index is 1710. The summed E-state index contributed by atoms with van der Waals surface area (Å²) in [5.74, 6) is -2.03. The normalized spacial score (nSPS) is 13.6. The van der Waals surface area contributed by atoms with Crippen LogP contribution in [0, 0.1) is 0 Å². The number of hydrogen-bond acceptors (Lipinski definition) is 7. The van der Waals surface area contributed by atoms with Gasteiger partial charge in [-0.2, -0.15) is 0 Å². The molecule has 0 aromatic carbocycles. The maximum Gasteiger partial charge on any atom is 0.361 e. The quantitative estimate of drug-likeness (QED) is 0.0211. The molecule has 0 aromatic rings. The molecule has 0 bridgehead atoms. The lowest BCUT2D eigenvalue weighted by Gasteiger charge is -2.25. The SMILES string of the molecule is CC/C=C\C/C=C\C/C=C\C/C=C\C/C=C\C/C=C\C/C=C\CCCCCCCCCC(=O)OC(COC(=O)CCCCCCCCCCCC/C=C\C/C=C\C/C=C\CCCCCCC)COC(OCC[N+](C)(C)C)C(=O)O. The van der Waals surface area contributed by atoms with Crippen molar-refractivity contribution in [1.29, 1.82) is 0 Å². The van der Waals surface area contributed by atoms with Crippen LogP contribution in [0.15, 0.2) is 122 Å². The van der Waals surface area contributed by atoms with Gasteiger partial charge in [0.1, 0.15) is 13.2 Å². The summed E-state index contributed by atoms with van der Waals surface area (Å²) in [7, 11) is 5.96. The zero-order chi connectivity index (χ0) is 57.6. The number of unbranched alkanes of at least 4 members (excludes halogenated alkanes) is 22. The Morgan fingerprint density at radius 2 is 0.722 bits per heavy atom. The van der Waals surface area contributed by atoms with E-state index in [1.165, 1.54) is 109 Å². The molecule has 0 fully saturated rings. The molecule has 79 heavy (non-hydrogen) atoms. The van der Waals surface area contributed by atoms with Crippen molar-refractivity contribution in [3.8, 4) is 0 Å². The lowest BCUT2D eigenvalue weighted by atomic mass is 10.1. The number of aliphatic carboxylic acids is 1. The van der Waals surface area contributed by atoms with E-state index < -0.39 is 24.3 Å². The minimum Gasteiger partial charge on any atom is -0.477 e. The van der Waals surface area contributed by atoms with Crippen molar-refractivity contribution >= 4 is 17.9 Å². The van der Waals surface area contributed by atoms with E-state index in [0.717, 1.165) is 103 Å². The Morgan fingerprint density at radius 3 is 1.08 bits per heavy atom. The standard InChI is InChI=1S/C70H117NO8/c1-6-8-10-12-14-16-18-20-22-24-26-28-30-32-33-34-35-37-39-41-43-45-47-49-51-53-55-57-59-61-68(73)79-66(65-78-70(69(74)75)76-63-62-71(3,4)5)64-77-67(72)60-58-56-54-52-50-48-46-44-42-40-38-36-31-29-27-25-23-21-19-17-15-13-11-9-7-2/h8,10,14,16,19-22,25-28,31-33,35-37,41,43,66,70H,6-7,9,11-13,15,17-18,23-24,29-30,34,38-40,42,44-65H2,1-5H3/p+1/b10-8-,16-14-,21-19-,22-20-,27-25-,28-26-,33-32-,36-31-,37-35-,43-41-. The van der Waals surface area contributed by atoms with Crippen LogP contribution in [-0.4, -0.2) is 87.4 Å². The summed E-state index contributed by atoms with van der Waals surface area (Å²) in [4.78, 5) is 37.5. The van der Waals surface area contributed by atoms with Crippen molar-refractivity contribution < 1.29 is 42.9 Å². The zero-order valence-electron chi connectivity index (χ0n) is 51.2. The second kappa shape index (κ2) is 59.8. The summed E-state index contributed by atoms with van der Waals surface area (Å²) in [6.07, 6.45) is 81.3. The molecule has 2 atom stereocenters. The van der Waals surface area contributed by atoms with Crippen LogP contribution in [0.3, 0.4) is 0 Å². The highest BCUT2D eigenvalue weighted by molar-refractivity contribution is 5.71. The van der Waals surface area contributed by atoms with Crippen LogP contribution < -0.4 is 0 Å². The van der Waals surface area contributed by atoms with E-state index in [1.807, 2.05) is 21.1 Å². The third kappa shape index (κ3) is 61.2. The minimum atomic E-state index is -1.52. The summed E-state index contributed by atoms with van der Waals surface area (Å²) in [5, 5.41) is 9.73. The Morgan fingerprint density at radius 1 is 0.392 bits per heavy atom. The molecule has 0 aromatic heterocycles. The number of rotatable bonds is 57. The zero-order valence-corrected chi connectivity index (χ0v) is 51.2. The van der Waals surface area contributed by atoms with Crippen LogP contribution in [0.2, 0.25) is 0 Å². The second-order valence-electron chi connectivity index (χ2n) is 22.0. The van der Waals surface area contributed by atoms with Gasteiger partial charge in [-0.25, -0.2) is 4.79 Å². The topological polar surface area (TPSA) is 108 Å². The summed E-state index contributed by atoms with van der Waals surface area (Å²) in [6.45, 7) is 4.73. The van der Waals surface area contributed by atoms with Gasteiger partial charge in [-0.1, -0.05) is 245 Å². The predicted molar refractivity (Wildman–Crippen MR) is 336 cm³/mol. The lowest BCUT2D eigenvalue weighted by Crippen LogP contribution is -2.40. The molecule has 0 heterocycles. The van der Waals surface area contributed by atoms with Crippen LogP contribution >= 0.6 is 0 Å². The molecular weight excluding hydrogens is 983 g/mol. The van der Waals surface area contributed by atoms with Gasteiger partial charge in [0, 0.05) is 12.8 Å². The van der Waals surface area contributed by atoms with Crippen LogP contribution in [0.1, 0.15) is 245 Å². The summed E-state index contributed by atoms with van der Waals surface area (Å²) < 4.78 is 22.9. The first-order chi connectivity index (χ1) is 38.6. The third-order valence-corrected chi connectivity index (χ3v) is 13.2. The van der Waals surface area contributed by atoms with E-state index in [2.05, 4.69) is 135 Å². The molecule has 0 rings (SSSR count). The largest absolute Gasteiger partial charge is 0.477 e. The van der Waals surface area contributed by atoms with Crippen LogP contribution in [-0.2, 0) is 33.3 Å². The van der Waals surface area contributed by atoms with E-state index in [-0.39, 0.29) is 38.6 Å². The van der Waals surface area contributed by atoms with Gasteiger partial charge in [0.05, 0.1) is 34.4 Å². The molecule has 0 aliphatic rings. The van der Waals surface area contributed by atoms with E-state index in [0.29, 0.717) is 17.4 Å². The van der Waals surface area contributed by atoms with Gasteiger partial charge < -0.3 is 28.5 Å². The van der Waals surface area contributed by atoms with Gasteiger partial charge in [0.2, 0.25) is 0 Å². The first-order valence-electron chi connectivity index (χ1n) is 31.7. The van der Waals surface area contributed by atoms with Gasteiger partial charge in [0.15, 0.2) is 6.10 Å². The second-order valence-corrected chi connectivity index (χ2v) is 22.0. The molecule has 1 N–H and O–H groups in total. The minimum absolute atomic E-state index is 0.178. The molecule has 9 heteroatoms. The summed E-state index contributed by atoms with van der Waals surface area (Å²) >= 11 is 0. The highest BCUT2D eigenvalue weighted by Gasteiger charge is 2.25.